The average molecular weight is 255 g/mol. The molecule has 0 bridgehead atoms. The van der Waals surface area contributed by atoms with E-state index in [1.165, 1.54) is 0 Å². The van der Waals surface area contributed by atoms with Crippen LogP contribution in [0.3, 0.4) is 0 Å². The molecule has 0 saturated heterocycles. The molecule has 14 heavy (non-hydrogen) atoms. The number of halogens is 1. The first-order chi connectivity index (χ1) is 6.65. The lowest BCUT2D eigenvalue weighted by Gasteiger charge is -2.05. The molecule has 0 aromatic heterocycles. The number of hydrogen-bond acceptors (Lipinski definition) is 2. The van der Waals surface area contributed by atoms with Gasteiger partial charge in [0, 0.05) is 16.7 Å². The van der Waals surface area contributed by atoms with E-state index in [0.29, 0.717) is 17.8 Å². The van der Waals surface area contributed by atoms with Gasteiger partial charge in [0.25, 0.3) is 5.91 Å². The predicted molar refractivity (Wildman–Crippen MR) is 61.1 cm³/mol. The van der Waals surface area contributed by atoms with Gasteiger partial charge in [-0.15, -0.1) is 6.58 Å². The van der Waals surface area contributed by atoms with E-state index in [4.69, 9.17) is 5.73 Å². The summed E-state index contributed by atoms with van der Waals surface area (Å²) in [5.41, 5.74) is 6.67. The summed E-state index contributed by atoms with van der Waals surface area (Å²) in [6.07, 6.45) is 1.62. The third-order valence-electron chi connectivity index (χ3n) is 1.64. The van der Waals surface area contributed by atoms with Crippen molar-refractivity contribution in [3.8, 4) is 0 Å². The van der Waals surface area contributed by atoms with Gasteiger partial charge in [-0.2, -0.15) is 0 Å². The highest BCUT2D eigenvalue weighted by molar-refractivity contribution is 9.10. The Kier molecular flexibility index (Phi) is 3.71. The van der Waals surface area contributed by atoms with Gasteiger partial charge in [-0.05, 0) is 34.1 Å². The van der Waals surface area contributed by atoms with Crippen molar-refractivity contribution in [1.29, 1.82) is 0 Å². The normalized spacial score (nSPS) is 9.50. The number of nitrogen functional groups attached to an aromatic ring is 1. The van der Waals surface area contributed by atoms with Gasteiger partial charge in [0.15, 0.2) is 0 Å². The van der Waals surface area contributed by atoms with Crippen LogP contribution in [-0.4, -0.2) is 12.5 Å². The Morgan fingerprint density at radius 2 is 2.36 bits per heavy atom. The number of anilines is 1. The zero-order chi connectivity index (χ0) is 10.6. The van der Waals surface area contributed by atoms with Crippen LogP contribution in [-0.2, 0) is 0 Å². The highest BCUT2D eigenvalue weighted by Crippen LogP contribution is 2.19. The van der Waals surface area contributed by atoms with Crippen molar-refractivity contribution in [3.05, 3.63) is 40.9 Å². The number of rotatable bonds is 3. The van der Waals surface area contributed by atoms with Gasteiger partial charge in [0.1, 0.15) is 0 Å². The summed E-state index contributed by atoms with van der Waals surface area (Å²) in [7, 11) is 0. The molecule has 0 aliphatic rings. The lowest BCUT2D eigenvalue weighted by Crippen LogP contribution is -2.23. The van der Waals surface area contributed by atoms with Gasteiger partial charge >= 0.3 is 0 Å². The van der Waals surface area contributed by atoms with Crippen LogP contribution >= 0.6 is 15.9 Å². The minimum Gasteiger partial charge on any atom is -0.399 e. The maximum absolute atomic E-state index is 11.5. The van der Waals surface area contributed by atoms with E-state index < -0.39 is 0 Å². The Balaban J connectivity index is 2.88. The van der Waals surface area contributed by atoms with Gasteiger partial charge in [-0.3, -0.25) is 4.79 Å². The molecule has 1 rings (SSSR count). The Hall–Kier alpha value is -1.29. The molecule has 0 fully saturated rings. The molecule has 1 amide bonds. The number of nitrogens with two attached hydrogens (primary N) is 1. The number of hydrogen-bond donors (Lipinski definition) is 2. The summed E-state index contributed by atoms with van der Waals surface area (Å²) in [5.74, 6) is -0.163. The fourth-order valence-corrected chi connectivity index (χ4v) is 1.40. The van der Waals surface area contributed by atoms with E-state index in [2.05, 4.69) is 27.8 Å². The van der Waals surface area contributed by atoms with Gasteiger partial charge in [0.05, 0.1) is 5.56 Å². The van der Waals surface area contributed by atoms with Crippen molar-refractivity contribution in [2.45, 2.75) is 0 Å². The highest BCUT2D eigenvalue weighted by atomic mass is 79.9. The van der Waals surface area contributed by atoms with Gasteiger partial charge in [-0.25, -0.2) is 0 Å². The van der Waals surface area contributed by atoms with Crippen LogP contribution in [0.25, 0.3) is 0 Å². The first-order valence-corrected chi connectivity index (χ1v) is 4.88. The summed E-state index contributed by atoms with van der Waals surface area (Å²) in [6, 6.07) is 5.11. The summed E-state index contributed by atoms with van der Waals surface area (Å²) < 4.78 is 0.730. The maximum Gasteiger partial charge on any atom is 0.252 e. The first-order valence-electron chi connectivity index (χ1n) is 4.09. The Morgan fingerprint density at radius 1 is 1.64 bits per heavy atom. The number of nitrogens with one attached hydrogen (secondary N) is 1. The lowest BCUT2D eigenvalue weighted by molar-refractivity contribution is 0.0957. The molecule has 1 aromatic rings. The van der Waals surface area contributed by atoms with E-state index in [1.807, 2.05) is 0 Å². The van der Waals surface area contributed by atoms with E-state index >= 15 is 0 Å². The van der Waals surface area contributed by atoms with Crippen molar-refractivity contribution in [2.75, 3.05) is 12.3 Å². The monoisotopic (exact) mass is 254 g/mol. The smallest absolute Gasteiger partial charge is 0.252 e. The van der Waals surface area contributed by atoms with Crippen LogP contribution in [0.5, 0.6) is 0 Å². The molecule has 0 saturated carbocycles. The van der Waals surface area contributed by atoms with Crippen molar-refractivity contribution < 1.29 is 4.79 Å². The molecule has 74 valence electrons. The van der Waals surface area contributed by atoms with Crippen molar-refractivity contribution in [1.82, 2.24) is 5.32 Å². The van der Waals surface area contributed by atoms with Gasteiger partial charge in [0.2, 0.25) is 0 Å². The molecule has 0 atom stereocenters. The summed E-state index contributed by atoms with van der Waals surface area (Å²) >= 11 is 3.28. The highest BCUT2D eigenvalue weighted by Gasteiger charge is 2.08. The minimum absolute atomic E-state index is 0.163. The minimum atomic E-state index is -0.163. The molecule has 0 radical (unpaired) electrons. The SMILES string of the molecule is C=CCNC(=O)c1cc(N)ccc1Br. The molecule has 1 aromatic carbocycles. The maximum atomic E-state index is 11.5. The van der Waals surface area contributed by atoms with Crippen LogP contribution in [0.15, 0.2) is 35.3 Å². The van der Waals surface area contributed by atoms with Gasteiger partial charge < -0.3 is 11.1 Å². The molecule has 0 heterocycles. The number of carbonyl (C=O) groups excluding carboxylic acids is 1. The largest absolute Gasteiger partial charge is 0.399 e. The number of amides is 1. The van der Waals surface area contributed by atoms with Crippen LogP contribution < -0.4 is 11.1 Å². The second-order valence-corrected chi connectivity index (χ2v) is 3.59. The predicted octanol–water partition coefficient (Wildman–Crippen LogP) is 1.95. The Labute approximate surface area is 91.1 Å². The zero-order valence-corrected chi connectivity index (χ0v) is 9.17. The van der Waals surface area contributed by atoms with Crippen LogP contribution in [0, 0.1) is 0 Å². The van der Waals surface area contributed by atoms with Gasteiger partial charge in [-0.1, -0.05) is 6.08 Å². The number of benzene rings is 1. The summed E-state index contributed by atoms with van der Waals surface area (Å²) in [6.45, 7) is 3.96. The second kappa shape index (κ2) is 4.81. The summed E-state index contributed by atoms with van der Waals surface area (Å²) in [4.78, 5) is 11.5. The van der Waals surface area contributed by atoms with Crippen LogP contribution in [0.1, 0.15) is 10.4 Å². The molecule has 3 nitrogen and oxygen atoms in total. The molecule has 4 heteroatoms. The molecule has 0 unspecified atom stereocenters. The fourth-order valence-electron chi connectivity index (χ4n) is 0.977. The first kappa shape index (κ1) is 10.8. The molecule has 0 spiro atoms. The second-order valence-electron chi connectivity index (χ2n) is 2.74. The van der Waals surface area contributed by atoms with E-state index in [-0.39, 0.29) is 5.91 Å². The van der Waals surface area contributed by atoms with Crippen molar-refractivity contribution >= 4 is 27.5 Å². The van der Waals surface area contributed by atoms with E-state index in [1.54, 1.807) is 24.3 Å². The molecular formula is C10H11BrN2O. The Bertz CT molecular complexity index is 363. The van der Waals surface area contributed by atoms with Crippen LogP contribution in [0.2, 0.25) is 0 Å². The zero-order valence-electron chi connectivity index (χ0n) is 7.59. The van der Waals surface area contributed by atoms with Crippen molar-refractivity contribution in [3.63, 3.8) is 0 Å². The topological polar surface area (TPSA) is 55.1 Å². The molecular weight excluding hydrogens is 244 g/mol. The molecule has 3 N–H and O–H groups in total. The Morgan fingerprint density at radius 3 is 3.00 bits per heavy atom. The fraction of sp³-hybridized carbons (Fsp3) is 0.100. The molecule has 0 aliphatic heterocycles. The third-order valence-corrected chi connectivity index (χ3v) is 2.33. The third kappa shape index (κ3) is 2.60. The molecule has 0 aliphatic carbocycles. The van der Waals surface area contributed by atoms with E-state index in [0.717, 1.165) is 4.47 Å². The lowest BCUT2D eigenvalue weighted by atomic mass is 10.2. The quantitative estimate of drug-likeness (QED) is 0.640. The standard InChI is InChI=1S/C10H11BrN2O/c1-2-5-13-10(14)8-6-7(12)3-4-9(8)11/h2-4,6H,1,5,12H2,(H,13,14). The van der Waals surface area contributed by atoms with Crippen molar-refractivity contribution in [2.24, 2.45) is 0 Å². The summed E-state index contributed by atoms with van der Waals surface area (Å²) in [5, 5.41) is 2.67. The van der Waals surface area contributed by atoms with Crippen LogP contribution in [0.4, 0.5) is 5.69 Å². The number of carbonyl (C=O) groups is 1. The van der Waals surface area contributed by atoms with E-state index in [9.17, 15) is 4.79 Å². The average Bonchev–Trinajstić information content (AvgIpc) is 2.18.